The molecule has 0 aromatic rings. The minimum Gasteiger partial charge on any atom is -0.480 e. The van der Waals surface area contributed by atoms with Gasteiger partial charge in [0, 0.05) is 6.54 Å². The van der Waals surface area contributed by atoms with E-state index in [1.165, 1.54) is 18.4 Å². The van der Waals surface area contributed by atoms with E-state index in [1.807, 2.05) is 0 Å². The molecule has 0 aromatic heterocycles. The zero-order chi connectivity index (χ0) is 14.3. The average Bonchev–Trinajstić information content (AvgIpc) is 2.37. The van der Waals surface area contributed by atoms with Gasteiger partial charge in [0.15, 0.2) is 0 Å². The fraction of sp³-hybridized carbons (Fsp3) is 0.714. The van der Waals surface area contributed by atoms with Crippen molar-refractivity contribution >= 4 is 23.6 Å². The number of allylic oxidation sites excluding steroid dienone is 1. The molecule has 0 aromatic carbocycles. The molecule has 0 unspecified atom stereocenters. The Morgan fingerprint density at radius 1 is 1.42 bits per heavy atom. The van der Waals surface area contributed by atoms with Crippen molar-refractivity contribution in [1.29, 1.82) is 0 Å². The van der Waals surface area contributed by atoms with Crippen LogP contribution in [0.4, 0.5) is 0 Å². The van der Waals surface area contributed by atoms with E-state index < -0.39 is 10.7 Å². The highest BCUT2D eigenvalue weighted by molar-refractivity contribution is 8.01. The van der Waals surface area contributed by atoms with E-state index in [1.54, 1.807) is 13.8 Å². The summed E-state index contributed by atoms with van der Waals surface area (Å²) >= 11 is 1.15. The van der Waals surface area contributed by atoms with Gasteiger partial charge in [0.2, 0.25) is 5.91 Å². The maximum Gasteiger partial charge on any atom is 0.319 e. The van der Waals surface area contributed by atoms with Crippen molar-refractivity contribution < 1.29 is 14.7 Å². The number of nitrogens with one attached hydrogen (secondary N) is 1. The molecule has 0 radical (unpaired) electrons. The van der Waals surface area contributed by atoms with Crippen LogP contribution >= 0.6 is 11.8 Å². The van der Waals surface area contributed by atoms with Crippen molar-refractivity contribution in [2.24, 2.45) is 0 Å². The maximum atomic E-state index is 11.6. The topological polar surface area (TPSA) is 66.4 Å². The Balaban J connectivity index is 2.18. The van der Waals surface area contributed by atoms with E-state index in [9.17, 15) is 9.59 Å². The van der Waals surface area contributed by atoms with Crippen molar-refractivity contribution in [3.63, 3.8) is 0 Å². The van der Waals surface area contributed by atoms with Crippen LogP contribution in [-0.2, 0) is 9.59 Å². The molecular formula is C14H23NO3S. The van der Waals surface area contributed by atoms with Crippen LogP contribution in [-0.4, -0.2) is 34.0 Å². The first-order chi connectivity index (χ1) is 8.92. The number of aliphatic carboxylic acids is 1. The van der Waals surface area contributed by atoms with E-state index in [-0.39, 0.29) is 11.7 Å². The number of hydrogen-bond acceptors (Lipinski definition) is 3. The average molecular weight is 285 g/mol. The molecule has 5 heteroatoms. The second kappa shape index (κ2) is 7.58. The highest BCUT2D eigenvalue weighted by atomic mass is 32.2. The standard InChI is InChI=1S/C14H23NO3S/c1-14(2,13(17)18)19-10-12(16)15-9-8-11-6-4-3-5-7-11/h6H,3-5,7-10H2,1-2H3,(H,15,16)(H,17,18). The first-order valence-corrected chi connectivity index (χ1v) is 7.72. The fourth-order valence-electron chi connectivity index (χ4n) is 1.85. The second-order valence-electron chi connectivity index (χ2n) is 5.31. The summed E-state index contributed by atoms with van der Waals surface area (Å²) in [5, 5.41) is 11.8. The summed E-state index contributed by atoms with van der Waals surface area (Å²) in [5.74, 6) is -0.786. The van der Waals surface area contributed by atoms with Crippen LogP contribution in [0.3, 0.4) is 0 Å². The number of thioether (sulfide) groups is 1. The van der Waals surface area contributed by atoms with Gasteiger partial charge in [0.1, 0.15) is 4.75 Å². The van der Waals surface area contributed by atoms with Crippen molar-refractivity contribution in [2.75, 3.05) is 12.3 Å². The maximum absolute atomic E-state index is 11.6. The van der Waals surface area contributed by atoms with Crippen LogP contribution in [0.15, 0.2) is 11.6 Å². The zero-order valence-electron chi connectivity index (χ0n) is 11.7. The summed E-state index contributed by atoms with van der Waals surface area (Å²) in [4.78, 5) is 22.5. The van der Waals surface area contributed by atoms with Gasteiger partial charge in [-0.25, -0.2) is 0 Å². The first kappa shape index (κ1) is 16.1. The molecule has 108 valence electrons. The van der Waals surface area contributed by atoms with Gasteiger partial charge in [-0.05, 0) is 46.0 Å². The van der Waals surface area contributed by atoms with Gasteiger partial charge in [-0.3, -0.25) is 9.59 Å². The van der Waals surface area contributed by atoms with E-state index in [4.69, 9.17) is 5.11 Å². The first-order valence-electron chi connectivity index (χ1n) is 6.74. The summed E-state index contributed by atoms with van der Waals surface area (Å²) in [7, 11) is 0. The largest absolute Gasteiger partial charge is 0.480 e. The van der Waals surface area contributed by atoms with Crippen molar-refractivity contribution in [3.05, 3.63) is 11.6 Å². The van der Waals surface area contributed by atoms with Crippen molar-refractivity contribution in [3.8, 4) is 0 Å². The van der Waals surface area contributed by atoms with Crippen LogP contribution in [0.5, 0.6) is 0 Å². The number of hydrogen-bond donors (Lipinski definition) is 2. The predicted molar refractivity (Wildman–Crippen MR) is 78.4 cm³/mol. The Morgan fingerprint density at radius 2 is 2.16 bits per heavy atom. The summed E-state index contributed by atoms with van der Waals surface area (Å²) in [6.07, 6.45) is 8.03. The minimum absolute atomic E-state index is 0.0873. The number of carbonyl (C=O) groups is 2. The molecule has 1 aliphatic rings. The third-order valence-corrected chi connectivity index (χ3v) is 4.54. The van der Waals surface area contributed by atoms with Crippen molar-refractivity contribution in [1.82, 2.24) is 5.32 Å². The van der Waals surface area contributed by atoms with Crippen LogP contribution < -0.4 is 5.32 Å². The van der Waals surface area contributed by atoms with Crippen LogP contribution in [0.2, 0.25) is 0 Å². The van der Waals surface area contributed by atoms with Crippen LogP contribution in [0, 0.1) is 0 Å². The molecule has 0 spiro atoms. The smallest absolute Gasteiger partial charge is 0.319 e. The van der Waals surface area contributed by atoms with Gasteiger partial charge < -0.3 is 10.4 Å². The Labute approximate surface area is 119 Å². The molecule has 1 aliphatic carbocycles. The number of rotatable bonds is 7. The summed E-state index contributed by atoms with van der Waals surface area (Å²) in [6.45, 7) is 3.87. The lowest BCUT2D eigenvalue weighted by atomic mass is 9.97. The lowest BCUT2D eigenvalue weighted by Crippen LogP contribution is -2.32. The van der Waals surface area contributed by atoms with Gasteiger partial charge in [-0.15, -0.1) is 11.8 Å². The number of carboxylic acids is 1. The molecule has 0 saturated heterocycles. The Kier molecular flexibility index (Phi) is 6.42. The molecule has 0 aliphatic heterocycles. The van der Waals surface area contributed by atoms with Gasteiger partial charge in [-0.1, -0.05) is 11.6 Å². The summed E-state index contributed by atoms with van der Waals surface area (Å²) in [6, 6.07) is 0. The molecule has 1 amide bonds. The van der Waals surface area contributed by atoms with E-state index in [2.05, 4.69) is 11.4 Å². The SMILES string of the molecule is CC(C)(SCC(=O)NCCC1=CCCCC1)C(=O)O. The quantitative estimate of drug-likeness (QED) is 0.706. The monoisotopic (exact) mass is 285 g/mol. The van der Waals surface area contributed by atoms with Crippen LogP contribution in [0.1, 0.15) is 46.0 Å². The highest BCUT2D eigenvalue weighted by Gasteiger charge is 2.28. The third kappa shape index (κ3) is 6.14. The normalized spacial score (nSPS) is 15.8. The molecule has 0 bridgehead atoms. The highest BCUT2D eigenvalue weighted by Crippen LogP contribution is 2.24. The van der Waals surface area contributed by atoms with E-state index >= 15 is 0 Å². The molecule has 0 atom stereocenters. The lowest BCUT2D eigenvalue weighted by molar-refractivity contribution is -0.138. The fourth-order valence-corrected chi connectivity index (χ4v) is 2.57. The van der Waals surface area contributed by atoms with Crippen LogP contribution in [0.25, 0.3) is 0 Å². The number of carbonyl (C=O) groups excluding carboxylic acids is 1. The van der Waals surface area contributed by atoms with E-state index in [0.29, 0.717) is 6.54 Å². The Morgan fingerprint density at radius 3 is 2.74 bits per heavy atom. The molecule has 0 fully saturated rings. The third-order valence-electron chi connectivity index (χ3n) is 3.23. The molecule has 19 heavy (non-hydrogen) atoms. The molecule has 4 nitrogen and oxygen atoms in total. The molecule has 1 rings (SSSR count). The molecule has 2 N–H and O–H groups in total. The van der Waals surface area contributed by atoms with E-state index in [0.717, 1.165) is 31.0 Å². The summed E-state index contributed by atoms with van der Waals surface area (Å²) < 4.78 is -0.913. The lowest BCUT2D eigenvalue weighted by Gasteiger charge is -2.18. The predicted octanol–water partition coefficient (Wildman–Crippen LogP) is 2.59. The zero-order valence-corrected chi connectivity index (χ0v) is 12.5. The number of carboxylic acid groups (broad SMARTS) is 1. The van der Waals surface area contributed by atoms with Gasteiger partial charge in [0.05, 0.1) is 5.75 Å². The summed E-state index contributed by atoms with van der Waals surface area (Å²) in [5.41, 5.74) is 1.44. The molecule has 0 heterocycles. The van der Waals surface area contributed by atoms with Gasteiger partial charge >= 0.3 is 5.97 Å². The second-order valence-corrected chi connectivity index (χ2v) is 6.91. The molecule has 0 saturated carbocycles. The Hall–Kier alpha value is -0.970. The number of amides is 1. The van der Waals surface area contributed by atoms with Crippen molar-refractivity contribution in [2.45, 2.75) is 50.7 Å². The molecular weight excluding hydrogens is 262 g/mol. The van der Waals surface area contributed by atoms with Gasteiger partial charge in [-0.2, -0.15) is 0 Å². The minimum atomic E-state index is -0.913. The van der Waals surface area contributed by atoms with Gasteiger partial charge in [0.25, 0.3) is 0 Å². The Bertz CT molecular complexity index is 364.